The minimum Gasteiger partial charge on any atom is 3.00 e. The summed E-state index contributed by atoms with van der Waals surface area (Å²) < 4.78 is 0. The van der Waals surface area contributed by atoms with Crippen molar-refractivity contribution in [1.29, 1.82) is 15.8 Å². The molecule has 0 saturated heterocycles. The molecule has 0 saturated carbocycles. The zero-order chi connectivity index (χ0) is 8.12. The van der Waals surface area contributed by atoms with Gasteiger partial charge in [-0.1, -0.05) is 0 Å². The van der Waals surface area contributed by atoms with Crippen LogP contribution in [-0.4, -0.2) is 74.2 Å². The van der Waals surface area contributed by atoms with Gasteiger partial charge in [-0.2, -0.15) is 0 Å². The fourth-order valence-corrected chi connectivity index (χ4v) is 0. The van der Waals surface area contributed by atoms with E-state index in [0.717, 1.165) is 0 Å². The van der Waals surface area contributed by atoms with E-state index in [0.29, 0.717) is 0 Å². The quantitative estimate of drug-likeness (QED) is 0.364. The first-order chi connectivity index (χ1) is 4.24. The summed E-state index contributed by atoms with van der Waals surface area (Å²) in [6.45, 7) is 0. The third-order valence-corrected chi connectivity index (χ3v) is 0. The second-order valence-electron chi connectivity index (χ2n) is 0.274. The number of nitrogens with zero attached hydrogens (tertiary/aromatic N) is 3. The van der Waals surface area contributed by atoms with Crippen molar-refractivity contribution in [2.24, 2.45) is 0 Å². The maximum atomic E-state index is 7.26. The fraction of sp³-hybridized carbons (Fsp3) is 0. The summed E-state index contributed by atoms with van der Waals surface area (Å²) in [5, 5.41) is 21.8. The summed E-state index contributed by atoms with van der Waals surface area (Å²) in [6.07, 6.45) is 0. The Hall–Kier alpha value is 0.912. The molecule has 0 rings (SSSR count). The van der Waals surface area contributed by atoms with E-state index in [1.165, 1.54) is 0 Å². The van der Waals surface area contributed by atoms with Gasteiger partial charge in [-0.05, 0) is 0 Å². The Morgan fingerprint density at radius 1 is 0.700 bits per heavy atom. The van der Waals surface area contributed by atoms with Gasteiger partial charge in [0.2, 0.25) is 0 Å². The standard InChI is InChI=1S/3CHNSe.Bi/c3*2-1-3;/h3*3H;/q;;;+3/p-3. The van der Waals surface area contributed by atoms with Gasteiger partial charge in [-0.15, -0.1) is 0 Å². The van der Waals surface area contributed by atoms with Gasteiger partial charge < -0.3 is 0 Å². The Balaban J connectivity index is -0.0000000257. The Morgan fingerprint density at radius 2 is 0.700 bits per heavy atom. The van der Waals surface area contributed by atoms with Gasteiger partial charge in [0.25, 0.3) is 0 Å². The molecule has 2 radical (unpaired) electrons. The van der Waals surface area contributed by atoms with Gasteiger partial charge >= 0.3 is 105 Å². The number of hydrogen-bond donors (Lipinski definition) is 0. The van der Waals surface area contributed by atoms with Crippen LogP contribution in [-0.2, 0) is 0 Å². The summed E-state index contributed by atoms with van der Waals surface area (Å²) in [5.74, 6) is 0. The van der Waals surface area contributed by atoms with Crippen molar-refractivity contribution in [3.63, 3.8) is 0 Å². The van der Waals surface area contributed by atoms with Crippen LogP contribution in [0.25, 0.3) is 0 Å². The van der Waals surface area contributed by atoms with Crippen LogP contribution < -0.4 is 0 Å². The summed E-state index contributed by atoms with van der Waals surface area (Å²) in [4.78, 5) is 4.88. The van der Waals surface area contributed by atoms with Crippen molar-refractivity contribution in [2.75, 3.05) is 0 Å². The zero-order valence-corrected chi connectivity index (χ0v) is 13.1. The Kier molecular flexibility index (Phi) is 115. The molecule has 0 unspecified atom stereocenters. The molecule has 0 aliphatic rings. The van der Waals surface area contributed by atoms with E-state index in [2.05, 4.69) is 48.0 Å². The molecule has 0 aliphatic heterocycles. The van der Waals surface area contributed by atoms with E-state index in [4.69, 9.17) is 15.8 Å². The third kappa shape index (κ3) is 671. The van der Waals surface area contributed by atoms with Crippen LogP contribution in [0.2, 0.25) is 0 Å². The summed E-state index contributed by atoms with van der Waals surface area (Å²) >= 11 is 6.33. The van der Waals surface area contributed by atoms with Crippen LogP contribution in [0.5, 0.6) is 0 Å². The molecule has 0 aromatic rings. The van der Waals surface area contributed by atoms with E-state index in [-0.39, 0.29) is 26.2 Å². The van der Waals surface area contributed by atoms with Gasteiger partial charge in [-0.25, -0.2) is 0 Å². The molecule has 10 heavy (non-hydrogen) atoms. The molecule has 0 aliphatic carbocycles. The average Bonchev–Trinajstić information content (AvgIpc) is 1.70. The molecule has 0 aromatic heterocycles. The predicted molar refractivity (Wildman–Crippen MR) is 39.9 cm³/mol. The third-order valence-electron chi connectivity index (χ3n) is 0. The van der Waals surface area contributed by atoms with Crippen LogP contribution >= 0.6 is 0 Å². The van der Waals surface area contributed by atoms with Crippen LogP contribution in [0.3, 0.4) is 0 Å². The SMILES string of the molecule is N#C[Se-].N#C[Se-].N#C[Se-].[Bi+3]. The number of nitriles is 3. The van der Waals surface area contributed by atoms with Crippen LogP contribution in [0.1, 0.15) is 0 Å². The molecule has 7 heteroatoms. The van der Waals surface area contributed by atoms with Crippen molar-refractivity contribution in [3.05, 3.63) is 0 Å². The largest absolute Gasteiger partial charge is 3.00 e. The molecular weight excluding hydrogens is 524 g/mol. The van der Waals surface area contributed by atoms with E-state index >= 15 is 0 Å². The zero-order valence-electron chi connectivity index (χ0n) is 4.51. The molecule has 0 fully saturated rings. The summed E-state index contributed by atoms with van der Waals surface area (Å²) in [6, 6.07) is 0. The Morgan fingerprint density at radius 3 is 0.700 bits per heavy atom. The van der Waals surface area contributed by atoms with Crippen molar-refractivity contribution < 1.29 is 0 Å². The van der Waals surface area contributed by atoms with Crippen molar-refractivity contribution in [3.8, 4) is 14.9 Å². The van der Waals surface area contributed by atoms with Crippen LogP contribution in [0, 0.1) is 30.7 Å². The molecule has 0 heterocycles. The minimum atomic E-state index is 0. The molecule has 0 amide bonds. The van der Waals surface area contributed by atoms with Gasteiger partial charge in [-0.3, -0.25) is 0 Å². The summed E-state index contributed by atoms with van der Waals surface area (Å²) in [5.41, 5.74) is 0. The normalized spacial score (nSPS) is 2.10. The molecule has 50 valence electrons. The van der Waals surface area contributed by atoms with Crippen molar-refractivity contribution in [2.45, 2.75) is 0 Å². The van der Waals surface area contributed by atoms with Crippen LogP contribution in [0.4, 0.5) is 0 Å². The molecule has 0 aromatic carbocycles. The number of hydrogen-bond acceptors (Lipinski definition) is 3. The number of rotatable bonds is 0. The first kappa shape index (κ1) is 22.4. The molecule has 3 nitrogen and oxygen atoms in total. The predicted octanol–water partition coefficient (Wildman–Crippen LogP) is -1.47. The van der Waals surface area contributed by atoms with Crippen LogP contribution in [0.15, 0.2) is 0 Å². The smallest absolute Gasteiger partial charge is 3.00 e. The van der Waals surface area contributed by atoms with E-state index < -0.39 is 0 Å². The van der Waals surface area contributed by atoms with Gasteiger partial charge in [0, 0.05) is 0 Å². The molecule has 0 spiro atoms. The average molecular weight is 524 g/mol. The molecule has 0 N–H and O–H groups in total. The topological polar surface area (TPSA) is 71.4 Å². The van der Waals surface area contributed by atoms with E-state index in [9.17, 15) is 0 Å². The Bertz CT molecular complexity index is 112. The maximum Gasteiger partial charge on any atom is 3.00 e. The van der Waals surface area contributed by atoms with Gasteiger partial charge in [0.15, 0.2) is 0 Å². The molecule has 0 atom stereocenters. The Labute approximate surface area is 104 Å². The second kappa shape index (κ2) is 51.4. The van der Waals surface area contributed by atoms with E-state index in [1.54, 1.807) is 14.9 Å². The van der Waals surface area contributed by atoms with Crippen molar-refractivity contribution >= 4 is 74.2 Å². The minimum absolute atomic E-state index is 0. The molecule has 0 bridgehead atoms. The second-order valence-corrected chi connectivity index (χ2v) is 1.42. The first-order valence-electron chi connectivity index (χ1n) is 1.28. The maximum absolute atomic E-state index is 7.26. The van der Waals surface area contributed by atoms with Gasteiger partial charge in [0.05, 0.1) is 0 Å². The fourth-order valence-electron chi connectivity index (χ4n) is 0. The molecular formula is C3BiN3Se3. The first-order valence-corrected chi connectivity index (χ1v) is 3.85. The van der Waals surface area contributed by atoms with Crippen molar-refractivity contribution in [1.82, 2.24) is 0 Å². The monoisotopic (exact) mass is 527 g/mol. The van der Waals surface area contributed by atoms with E-state index in [1.807, 2.05) is 0 Å². The summed E-state index contributed by atoms with van der Waals surface area (Å²) in [7, 11) is 0. The van der Waals surface area contributed by atoms with Gasteiger partial charge in [0.1, 0.15) is 0 Å².